The third-order valence-electron chi connectivity index (χ3n) is 3.04. The van der Waals surface area contributed by atoms with Gasteiger partial charge in [-0.3, -0.25) is 0 Å². The second-order valence-electron chi connectivity index (χ2n) is 5.18. The molecule has 0 heterocycles. The van der Waals surface area contributed by atoms with Gasteiger partial charge < -0.3 is 20.1 Å². The first-order valence-corrected chi connectivity index (χ1v) is 9.66. The van der Waals surface area contributed by atoms with Crippen molar-refractivity contribution in [1.82, 2.24) is 0 Å². The van der Waals surface area contributed by atoms with E-state index in [1.165, 1.54) is 0 Å². The van der Waals surface area contributed by atoms with E-state index in [9.17, 15) is 0 Å². The minimum absolute atomic E-state index is 0.535. The number of benzene rings is 2. The molecule has 0 spiro atoms. The maximum Gasteiger partial charge on any atom is 0.232 e. The molecule has 0 unspecified atom stereocenters. The van der Waals surface area contributed by atoms with Crippen molar-refractivity contribution >= 4 is 46.9 Å². The summed E-state index contributed by atoms with van der Waals surface area (Å²) in [5.74, 6) is 1.69. The zero-order chi connectivity index (χ0) is 19.2. The molecule has 0 aliphatic heterocycles. The predicted octanol–water partition coefficient (Wildman–Crippen LogP) is 5.31. The summed E-state index contributed by atoms with van der Waals surface area (Å²) >= 11 is 10.5. The zero-order valence-electron chi connectivity index (χ0n) is 15.5. The Balaban J connectivity index is 0.000000765. The van der Waals surface area contributed by atoms with Gasteiger partial charge in [-0.2, -0.15) is 0 Å². The summed E-state index contributed by atoms with van der Waals surface area (Å²) in [5.41, 5.74) is 1.82. The van der Waals surface area contributed by atoms with E-state index in [-0.39, 0.29) is 0 Å². The maximum absolute atomic E-state index is 5.40. The van der Waals surface area contributed by atoms with Crippen LogP contribution in [-0.2, 0) is 0 Å². The second-order valence-corrected chi connectivity index (χ2v) is 5.97. The number of anilines is 2. The molecule has 4 nitrogen and oxygen atoms in total. The number of hydrogen-bond acceptors (Lipinski definition) is 3. The highest BCUT2D eigenvalue weighted by atomic mass is 35.5. The molecule has 7 heteroatoms. The molecule has 2 rings (SSSR count). The lowest BCUT2D eigenvalue weighted by Gasteiger charge is -2.12. The molecule has 0 fully saturated rings. The zero-order valence-corrected chi connectivity index (χ0v) is 17.1. The molecule has 0 radical (unpaired) electrons. The first kappa shape index (κ1) is 22.1. The van der Waals surface area contributed by atoms with Crippen molar-refractivity contribution in [2.24, 2.45) is 0 Å². The van der Waals surface area contributed by atoms with Gasteiger partial charge in [0.1, 0.15) is 11.5 Å². The maximum atomic E-state index is 5.40. The molecule has 0 aromatic heterocycles. The molecule has 26 heavy (non-hydrogen) atoms. The number of thiocarbonyl (C=S) groups is 1. The fraction of sp³-hybridized carbons (Fsp3) is 0.316. The van der Waals surface area contributed by atoms with Crippen LogP contribution in [-0.4, -0.2) is 25.0 Å². The van der Waals surface area contributed by atoms with Crippen molar-refractivity contribution in [3.8, 4) is 11.5 Å². The van der Waals surface area contributed by atoms with Crippen molar-refractivity contribution in [2.75, 3.05) is 23.8 Å². The van der Waals surface area contributed by atoms with E-state index < -0.39 is 0 Å². The largest absolute Gasteiger partial charge is 0.494 e. The van der Waals surface area contributed by atoms with E-state index >= 15 is 0 Å². The van der Waals surface area contributed by atoms with Crippen LogP contribution in [0, 0.1) is 0 Å². The first-order chi connectivity index (χ1) is 12.6. The van der Waals surface area contributed by atoms with Crippen LogP contribution in [0.3, 0.4) is 0 Å². The van der Waals surface area contributed by atoms with Crippen LogP contribution in [0.15, 0.2) is 48.5 Å². The van der Waals surface area contributed by atoms with Crippen LogP contribution in [0.4, 0.5) is 11.4 Å². The van der Waals surface area contributed by atoms with Gasteiger partial charge in [-0.1, -0.05) is 13.2 Å². The number of halogens is 1. The standard InChI is InChI=1S/C17H20N2O2S.C2H6BCl/c1-3-20-15-9-5-13(6-10-15)18-17(22)19-14-7-11-16(12-8-14)21-4-2;1-2-3-4/h5-12H,3-4H2,1-2H3,(H2,18,19,22);3H,2H2,1H3. The number of hydrogen-bond donors (Lipinski definition) is 2. The Labute approximate surface area is 167 Å². The summed E-state index contributed by atoms with van der Waals surface area (Å²) in [6, 6.07) is 15.3. The predicted molar refractivity (Wildman–Crippen MR) is 119 cm³/mol. The van der Waals surface area contributed by atoms with Crippen molar-refractivity contribution in [2.45, 2.75) is 27.1 Å². The van der Waals surface area contributed by atoms with Crippen LogP contribution < -0.4 is 20.1 Å². The van der Waals surface area contributed by atoms with Gasteiger partial charge >= 0.3 is 0 Å². The van der Waals surface area contributed by atoms with E-state index in [1.54, 1.807) is 0 Å². The van der Waals surface area contributed by atoms with Gasteiger partial charge in [0.15, 0.2) is 5.11 Å². The molecule has 2 N–H and O–H groups in total. The van der Waals surface area contributed by atoms with Gasteiger partial charge in [-0.25, -0.2) is 11.5 Å². The fourth-order valence-electron chi connectivity index (χ4n) is 1.90. The summed E-state index contributed by atoms with van der Waals surface area (Å²) in [5, 5.41) is 6.80. The van der Waals surface area contributed by atoms with Crippen LogP contribution in [0.2, 0.25) is 6.32 Å². The van der Waals surface area contributed by atoms with Gasteiger partial charge in [-0.15, -0.1) is 0 Å². The second kappa shape index (κ2) is 13.3. The lowest BCUT2D eigenvalue weighted by molar-refractivity contribution is 0.340. The van der Waals surface area contributed by atoms with E-state index in [0.29, 0.717) is 18.3 Å². The topological polar surface area (TPSA) is 42.5 Å². The smallest absolute Gasteiger partial charge is 0.232 e. The number of ether oxygens (including phenoxy) is 2. The Kier molecular flexibility index (Phi) is 11.3. The minimum Gasteiger partial charge on any atom is -0.494 e. The van der Waals surface area contributed by atoms with E-state index in [1.807, 2.05) is 69.3 Å². The molecular formula is C19H26BClN2O2S. The average molecular weight is 393 g/mol. The third-order valence-corrected chi connectivity index (χ3v) is 3.62. The first-order valence-electron chi connectivity index (χ1n) is 8.72. The number of rotatable bonds is 7. The molecule has 0 bridgehead atoms. The Morgan fingerprint density at radius 3 is 1.46 bits per heavy atom. The summed E-state index contributed by atoms with van der Waals surface area (Å²) in [6.07, 6.45) is 1.08. The summed E-state index contributed by atoms with van der Waals surface area (Å²) in [6.45, 7) is 8.08. The molecule has 0 aliphatic carbocycles. The summed E-state index contributed by atoms with van der Waals surface area (Å²) in [4.78, 5) is 0. The van der Waals surface area contributed by atoms with Crippen molar-refractivity contribution in [1.29, 1.82) is 0 Å². The van der Waals surface area contributed by atoms with Crippen LogP contribution >= 0.6 is 23.7 Å². The highest BCUT2D eigenvalue weighted by Crippen LogP contribution is 2.18. The fourth-order valence-corrected chi connectivity index (χ4v) is 2.13. The molecule has 0 saturated carbocycles. The molecule has 2 aromatic carbocycles. The Hall–Kier alpha value is -1.92. The lowest BCUT2D eigenvalue weighted by atomic mass is 10.1. The quantitative estimate of drug-likeness (QED) is 0.494. The molecular weight excluding hydrogens is 367 g/mol. The summed E-state index contributed by atoms with van der Waals surface area (Å²) in [7, 11) is 0. The third kappa shape index (κ3) is 8.97. The highest BCUT2D eigenvalue weighted by Gasteiger charge is 2.00. The highest BCUT2D eigenvalue weighted by molar-refractivity contribution is 7.80. The van der Waals surface area contributed by atoms with Crippen molar-refractivity contribution < 1.29 is 9.47 Å². The van der Waals surface area contributed by atoms with E-state index in [0.717, 1.165) is 35.9 Å². The van der Waals surface area contributed by atoms with Crippen LogP contribution in [0.1, 0.15) is 20.8 Å². The monoisotopic (exact) mass is 392 g/mol. The Morgan fingerprint density at radius 2 is 1.19 bits per heavy atom. The van der Waals surface area contributed by atoms with Crippen LogP contribution in [0.25, 0.3) is 0 Å². The molecule has 0 atom stereocenters. The van der Waals surface area contributed by atoms with Crippen LogP contribution in [0.5, 0.6) is 11.5 Å². The van der Waals surface area contributed by atoms with Crippen molar-refractivity contribution in [3.05, 3.63) is 48.5 Å². The molecule has 0 amide bonds. The molecule has 0 saturated heterocycles. The van der Waals surface area contributed by atoms with Gasteiger partial charge in [0, 0.05) is 11.4 Å². The Bertz CT molecular complexity index is 583. The van der Waals surface area contributed by atoms with Gasteiger partial charge in [0.25, 0.3) is 0 Å². The van der Waals surface area contributed by atoms with E-state index in [4.69, 9.17) is 33.2 Å². The van der Waals surface area contributed by atoms with Gasteiger partial charge in [0.05, 0.1) is 13.2 Å². The number of nitrogens with one attached hydrogen (secondary N) is 2. The average Bonchev–Trinajstić information content (AvgIpc) is 2.65. The molecule has 2 aromatic rings. The minimum atomic E-state index is 0.535. The SMILES string of the molecule is CCBCl.CCOc1ccc(NC(=S)Nc2ccc(OCC)cc2)cc1. The summed E-state index contributed by atoms with van der Waals surface area (Å²) < 4.78 is 10.8. The lowest BCUT2D eigenvalue weighted by Crippen LogP contribution is -2.18. The molecule has 0 aliphatic rings. The Morgan fingerprint density at radius 1 is 0.846 bits per heavy atom. The van der Waals surface area contributed by atoms with Crippen molar-refractivity contribution in [3.63, 3.8) is 0 Å². The normalized spacial score (nSPS) is 9.38. The van der Waals surface area contributed by atoms with Gasteiger partial charge in [-0.05, 0) is 74.6 Å². The molecule has 140 valence electrons. The van der Waals surface area contributed by atoms with Gasteiger partial charge in [0.2, 0.25) is 6.69 Å². The van der Waals surface area contributed by atoms with E-state index in [2.05, 4.69) is 10.6 Å².